The van der Waals surface area contributed by atoms with E-state index >= 15 is 0 Å². The summed E-state index contributed by atoms with van der Waals surface area (Å²) in [6.07, 6.45) is 4.46. The number of ether oxygens (including phenoxy) is 1. The van der Waals surface area contributed by atoms with E-state index in [0.29, 0.717) is 35.7 Å². The lowest BCUT2D eigenvalue weighted by molar-refractivity contribution is -0.143. The number of aryl methyl sites for hydroxylation is 2. The predicted molar refractivity (Wildman–Crippen MR) is 170 cm³/mol. The van der Waals surface area contributed by atoms with Gasteiger partial charge in [-0.15, -0.1) is 5.10 Å². The Morgan fingerprint density at radius 2 is 1.70 bits per heavy atom. The van der Waals surface area contributed by atoms with Gasteiger partial charge >= 0.3 is 0 Å². The van der Waals surface area contributed by atoms with Gasteiger partial charge in [-0.2, -0.15) is 15.4 Å². The van der Waals surface area contributed by atoms with Crippen LogP contribution in [0.15, 0.2) is 41.5 Å². The monoisotopic (exact) mass is 600 g/mol. The molecule has 4 heterocycles. The third kappa shape index (κ3) is 6.15. The zero-order valence-corrected chi connectivity index (χ0v) is 26.3. The summed E-state index contributed by atoms with van der Waals surface area (Å²) < 4.78 is 6.44. The minimum Gasteiger partial charge on any atom is -0.478 e. The highest BCUT2D eigenvalue weighted by Crippen LogP contribution is 2.41. The van der Waals surface area contributed by atoms with Crippen LogP contribution in [0.4, 0.5) is 5.69 Å². The van der Waals surface area contributed by atoms with Gasteiger partial charge in [-0.3, -0.25) is 15.0 Å². The van der Waals surface area contributed by atoms with Gasteiger partial charge < -0.3 is 20.3 Å². The summed E-state index contributed by atoms with van der Waals surface area (Å²) in [5.74, 6) is 0.632. The SMILES string of the molecule is Cc1cc(C)cc(C2NN=C(OCC(C)(C)C(=O)N3C4CCC3CC4)C2[C@H](C)CNCC(=O)Nc2ccc3n[nH]nc3c2)c1. The number of hydrogen-bond acceptors (Lipinski definition) is 8. The first-order valence-electron chi connectivity index (χ1n) is 15.8. The fourth-order valence-corrected chi connectivity index (χ4v) is 7.18. The molecule has 0 aliphatic carbocycles. The number of nitrogens with zero attached hydrogens (tertiary/aromatic N) is 4. The number of carbonyl (C=O) groups excluding carboxylic acids is 2. The molecule has 2 saturated heterocycles. The fraction of sp³-hybridized carbons (Fsp3) is 0.545. The molecule has 4 N–H and O–H groups in total. The largest absolute Gasteiger partial charge is 0.478 e. The highest BCUT2D eigenvalue weighted by atomic mass is 16.5. The lowest BCUT2D eigenvalue weighted by Crippen LogP contribution is -2.46. The Morgan fingerprint density at radius 3 is 2.41 bits per heavy atom. The van der Waals surface area contributed by atoms with Crippen LogP contribution in [0.1, 0.15) is 69.2 Å². The molecule has 3 aliphatic heterocycles. The quantitative estimate of drug-likeness (QED) is 0.274. The zero-order valence-electron chi connectivity index (χ0n) is 26.3. The number of hydrazone groups is 1. The predicted octanol–water partition coefficient (Wildman–Crippen LogP) is 4.21. The molecule has 2 bridgehead atoms. The number of hydrogen-bond donors (Lipinski definition) is 4. The van der Waals surface area contributed by atoms with E-state index < -0.39 is 5.41 Å². The van der Waals surface area contributed by atoms with Crippen molar-refractivity contribution in [1.82, 2.24) is 31.1 Å². The molecule has 11 heteroatoms. The number of fused-ring (bicyclic) bond motifs is 3. The van der Waals surface area contributed by atoms with Crippen LogP contribution in [0.5, 0.6) is 0 Å². The topological polar surface area (TPSA) is 137 Å². The number of benzene rings is 2. The minimum absolute atomic E-state index is 0.0714. The van der Waals surface area contributed by atoms with Crippen LogP contribution in [0, 0.1) is 31.1 Å². The van der Waals surface area contributed by atoms with Crippen LogP contribution in [0.2, 0.25) is 0 Å². The molecule has 44 heavy (non-hydrogen) atoms. The Balaban J connectivity index is 1.11. The fourth-order valence-electron chi connectivity index (χ4n) is 7.18. The average molecular weight is 601 g/mol. The maximum Gasteiger partial charge on any atom is 0.238 e. The van der Waals surface area contributed by atoms with Gasteiger partial charge in [0.1, 0.15) is 17.6 Å². The van der Waals surface area contributed by atoms with E-state index in [1.165, 1.54) is 11.1 Å². The Kier molecular flexibility index (Phi) is 8.32. The summed E-state index contributed by atoms with van der Waals surface area (Å²) in [4.78, 5) is 28.5. The molecule has 2 unspecified atom stereocenters. The second kappa shape index (κ2) is 12.2. The van der Waals surface area contributed by atoms with Gasteiger partial charge in [-0.25, -0.2) is 0 Å². The molecule has 2 aromatic carbocycles. The van der Waals surface area contributed by atoms with Crippen molar-refractivity contribution < 1.29 is 14.3 Å². The molecular formula is C33H44N8O3. The molecule has 3 aromatic rings. The summed E-state index contributed by atoms with van der Waals surface area (Å²) in [5.41, 5.74) is 8.31. The van der Waals surface area contributed by atoms with E-state index in [-0.39, 0.29) is 42.8 Å². The molecule has 3 aliphatic rings. The number of carbonyl (C=O) groups is 2. The van der Waals surface area contributed by atoms with Gasteiger partial charge in [0.05, 0.1) is 23.9 Å². The molecule has 2 amide bonds. The summed E-state index contributed by atoms with van der Waals surface area (Å²) in [6.45, 7) is 11.3. The van der Waals surface area contributed by atoms with Gasteiger partial charge in [0.15, 0.2) is 0 Å². The molecule has 234 valence electrons. The lowest BCUT2D eigenvalue weighted by atomic mass is 9.83. The van der Waals surface area contributed by atoms with Crippen molar-refractivity contribution in [2.24, 2.45) is 22.4 Å². The van der Waals surface area contributed by atoms with Crippen molar-refractivity contribution in [3.63, 3.8) is 0 Å². The minimum atomic E-state index is -0.662. The highest BCUT2D eigenvalue weighted by Gasteiger charge is 2.47. The second-order valence-electron chi connectivity index (χ2n) is 13.5. The second-order valence-corrected chi connectivity index (χ2v) is 13.5. The first-order valence-corrected chi connectivity index (χ1v) is 15.8. The molecule has 0 saturated carbocycles. The number of nitrogens with one attached hydrogen (secondary N) is 4. The van der Waals surface area contributed by atoms with E-state index in [0.717, 1.165) is 36.8 Å². The van der Waals surface area contributed by atoms with Crippen molar-refractivity contribution in [3.8, 4) is 0 Å². The molecular weight excluding hydrogens is 556 g/mol. The highest BCUT2D eigenvalue weighted by molar-refractivity contribution is 5.94. The molecule has 2 fully saturated rings. The van der Waals surface area contributed by atoms with Gasteiger partial charge in [-0.05, 0) is 89.6 Å². The maximum atomic E-state index is 13.6. The summed E-state index contributed by atoms with van der Waals surface area (Å²) in [5, 5.41) is 21.6. The molecule has 1 aromatic heterocycles. The molecule has 6 rings (SSSR count). The summed E-state index contributed by atoms with van der Waals surface area (Å²) in [6, 6.07) is 12.6. The third-order valence-corrected chi connectivity index (χ3v) is 9.37. The van der Waals surface area contributed by atoms with Crippen molar-refractivity contribution in [2.75, 3.05) is 25.0 Å². The zero-order chi connectivity index (χ0) is 31.0. The lowest BCUT2D eigenvalue weighted by Gasteiger charge is -2.33. The van der Waals surface area contributed by atoms with E-state index in [1.54, 1.807) is 6.07 Å². The smallest absolute Gasteiger partial charge is 0.238 e. The van der Waals surface area contributed by atoms with Crippen LogP contribution >= 0.6 is 0 Å². The number of anilines is 1. The number of aromatic amines is 1. The van der Waals surface area contributed by atoms with Crippen LogP contribution in [-0.2, 0) is 14.3 Å². The van der Waals surface area contributed by atoms with Gasteiger partial charge in [0.2, 0.25) is 17.7 Å². The van der Waals surface area contributed by atoms with Crippen molar-refractivity contribution in [3.05, 3.63) is 53.1 Å². The number of rotatable bonds is 10. The van der Waals surface area contributed by atoms with Gasteiger partial charge in [-0.1, -0.05) is 36.2 Å². The van der Waals surface area contributed by atoms with Crippen LogP contribution < -0.4 is 16.1 Å². The van der Waals surface area contributed by atoms with E-state index in [4.69, 9.17) is 4.74 Å². The maximum absolute atomic E-state index is 13.6. The van der Waals surface area contributed by atoms with E-state index in [1.807, 2.05) is 26.0 Å². The molecule has 0 radical (unpaired) electrons. The van der Waals surface area contributed by atoms with E-state index in [2.05, 4.69) is 80.4 Å². The Hall–Kier alpha value is -3.99. The Morgan fingerprint density at radius 1 is 1.02 bits per heavy atom. The number of H-pyrrole nitrogens is 1. The number of aromatic nitrogens is 3. The van der Waals surface area contributed by atoms with Gasteiger partial charge in [0, 0.05) is 17.8 Å². The third-order valence-electron chi connectivity index (χ3n) is 9.37. The van der Waals surface area contributed by atoms with Gasteiger partial charge in [0.25, 0.3) is 0 Å². The van der Waals surface area contributed by atoms with E-state index in [9.17, 15) is 9.59 Å². The summed E-state index contributed by atoms with van der Waals surface area (Å²) in [7, 11) is 0. The Bertz CT molecular complexity index is 1530. The van der Waals surface area contributed by atoms with Crippen LogP contribution in [-0.4, -0.2) is 69.8 Å². The first kappa shape index (κ1) is 30.1. The molecule has 3 atom stereocenters. The normalized spacial score (nSPS) is 23.5. The molecule has 11 nitrogen and oxygen atoms in total. The van der Waals surface area contributed by atoms with Crippen LogP contribution in [0.25, 0.3) is 11.0 Å². The summed E-state index contributed by atoms with van der Waals surface area (Å²) >= 11 is 0. The van der Waals surface area contributed by atoms with Crippen LogP contribution in [0.3, 0.4) is 0 Å². The molecule has 0 spiro atoms. The Labute approximate surface area is 258 Å². The number of amides is 2. The standard InChI is InChI=1S/C33H44N8O3/c1-19-12-20(2)14-22(13-19)30-29(21(3)16-34-17-28(42)35-23-6-11-26-27(15-23)37-40-36-26)31(39-38-30)44-18-33(4,5)32(43)41-24-7-8-25(41)10-9-24/h6,11-15,21,24-25,29-30,34,38H,7-10,16-18H2,1-5H3,(H,35,42)(H,36,37,40)/t21-,24?,25?,29?,30?/m1/s1. The van der Waals surface area contributed by atoms with Crippen molar-refractivity contribution in [1.29, 1.82) is 0 Å². The van der Waals surface area contributed by atoms with Crippen molar-refractivity contribution in [2.45, 2.75) is 78.4 Å². The average Bonchev–Trinajstić information content (AvgIpc) is 3.78. The van der Waals surface area contributed by atoms with Crippen molar-refractivity contribution >= 4 is 34.4 Å². The first-order chi connectivity index (χ1) is 21.1.